The molecule has 0 saturated heterocycles. The molecule has 0 amide bonds. The summed E-state index contributed by atoms with van der Waals surface area (Å²) >= 11 is 0. The normalized spacial score (nSPS) is 10.6. The first kappa shape index (κ1) is 12.6. The number of benzene rings is 1. The van der Waals surface area contributed by atoms with Gasteiger partial charge in [-0.2, -0.15) is 0 Å². The molecule has 18 heavy (non-hydrogen) atoms. The Morgan fingerprint density at radius 3 is 2.33 bits per heavy atom. The van der Waals surface area contributed by atoms with Crippen molar-refractivity contribution < 1.29 is 9.47 Å². The van der Waals surface area contributed by atoms with E-state index in [4.69, 9.17) is 15.2 Å². The van der Waals surface area contributed by atoms with E-state index < -0.39 is 0 Å². The molecule has 1 aromatic heterocycles. The highest BCUT2D eigenvalue weighted by Crippen LogP contribution is 2.32. The molecule has 0 aliphatic heterocycles. The summed E-state index contributed by atoms with van der Waals surface area (Å²) < 4.78 is 11.2. The Labute approximate surface area is 107 Å². The van der Waals surface area contributed by atoms with Gasteiger partial charge in [0.15, 0.2) is 11.5 Å². The fourth-order valence-corrected chi connectivity index (χ4v) is 1.82. The minimum atomic E-state index is 0.438. The first-order valence-corrected chi connectivity index (χ1v) is 6.17. The smallest absolute Gasteiger partial charge is 0.163 e. The second-order valence-corrected chi connectivity index (χ2v) is 3.86. The molecule has 2 rings (SSSR count). The average Bonchev–Trinajstić information content (AvgIpc) is 2.39. The molecule has 0 aliphatic rings. The van der Waals surface area contributed by atoms with Crippen LogP contribution in [0.1, 0.15) is 19.5 Å². The molecular formula is C14H18N2O2. The Hall–Kier alpha value is -1.81. The molecule has 0 saturated carbocycles. The van der Waals surface area contributed by atoms with E-state index in [-0.39, 0.29) is 0 Å². The number of fused-ring (bicyclic) bond motifs is 1. The Balaban J connectivity index is 2.52. The molecular weight excluding hydrogens is 228 g/mol. The van der Waals surface area contributed by atoms with Gasteiger partial charge in [-0.05, 0) is 26.0 Å². The number of nitrogens with two attached hydrogens (primary N) is 1. The summed E-state index contributed by atoms with van der Waals surface area (Å²) in [5.41, 5.74) is 7.35. The molecule has 0 atom stereocenters. The number of pyridine rings is 1. The summed E-state index contributed by atoms with van der Waals surface area (Å²) in [6.45, 7) is 5.55. The summed E-state index contributed by atoms with van der Waals surface area (Å²) in [7, 11) is 0. The van der Waals surface area contributed by atoms with Gasteiger partial charge in [0.2, 0.25) is 0 Å². The number of aromatic nitrogens is 1. The van der Waals surface area contributed by atoms with Crippen LogP contribution >= 0.6 is 0 Å². The van der Waals surface area contributed by atoms with Gasteiger partial charge in [0.05, 0.1) is 24.4 Å². The predicted octanol–water partition coefficient (Wildman–Crippen LogP) is 2.49. The maximum Gasteiger partial charge on any atom is 0.163 e. The zero-order valence-corrected chi connectivity index (χ0v) is 10.8. The van der Waals surface area contributed by atoms with Gasteiger partial charge in [0.25, 0.3) is 0 Å². The SMILES string of the molecule is CCOc1cc2ccc(CN)nc2cc1OCC. The summed E-state index contributed by atoms with van der Waals surface area (Å²) in [5, 5.41) is 1.03. The Bertz CT molecular complexity index is 541. The van der Waals surface area contributed by atoms with E-state index in [9.17, 15) is 0 Å². The minimum absolute atomic E-state index is 0.438. The summed E-state index contributed by atoms with van der Waals surface area (Å²) in [6, 6.07) is 7.79. The number of hydrogen-bond donors (Lipinski definition) is 1. The van der Waals surface area contributed by atoms with Crippen molar-refractivity contribution >= 4 is 10.9 Å². The largest absolute Gasteiger partial charge is 0.490 e. The Morgan fingerprint density at radius 1 is 1.06 bits per heavy atom. The van der Waals surface area contributed by atoms with Crippen molar-refractivity contribution in [1.29, 1.82) is 0 Å². The fourth-order valence-electron chi connectivity index (χ4n) is 1.82. The lowest BCUT2D eigenvalue weighted by Gasteiger charge is -2.12. The lowest BCUT2D eigenvalue weighted by molar-refractivity contribution is 0.288. The lowest BCUT2D eigenvalue weighted by Crippen LogP contribution is -2.01. The number of rotatable bonds is 5. The van der Waals surface area contributed by atoms with E-state index in [0.29, 0.717) is 19.8 Å². The molecule has 0 spiro atoms. The molecule has 1 heterocycles. The second kappa shape index (κ2) is 5.69. The van der Waals surface area contributed by atoms with Gasteiger partial charge in [0.1, 0.15) is 0 Å². The standard InChI is InChI=1S/C14H18N2O2/c1-3-17-13-7-10-5-6-11(9-15)16-12(10)8-14(13)18-4-2/h5-8H,3-4,9,15H2,1-2H3. The third-order valence-corrected chi connectivity index (χ3v) is 2.62. The van der Waals surface area contributed by atoms with Crippen molar-refractivity contribution in [3.63, 3.8) is 0 Å². The van der Waals surface area contributed by atoms with Crippen LogP contribution < -0.4 is 15.2 Å². The molecule has 0 bridgehead atoms. The minimum Gasteiger partial charge on any atom is -0.490 e. The highest BCUT2D eigenvalue weighted by molar-refractivity contribution is 5.82. The lowest BCUT2D eigenvalue weighted by atomic mass is 10.2. The maximum atomic E-state index is 5.60. The first-order chi connectivity index (χ1) is 8.78. The van der Waals surface area contributed by atoms with Gasteiger partial charge < -0.3 is 15.2 Å². The quantitative estimate of drug-likeness (QED) is 0.880. The van der Waals surface area contributed by atoms with Crippen LogP contribution in [-0.4, -0.2) is 18.2 Å². The van der Waals surface area contributed by atoms with E-state index in [0.717, 1.165) is 28.1 Å². The van der Waals surface area contributed by atoms with Crippen molar-refractivity contribution in [2.24, 2.45) is 5.73 Å². The van der Waals surface area contributed by atoms with Crippen LogP contribution in [-0.2, 0) is 6.54 Å². The van der Waals surface area contributed by atoms with Gasteiger partial charge >= 0.3 is 0 Å². The predicted molar refractivity (Wildman–Crippen MR) is 72.0 cm³/mol. The molecule has 0 aliphatic carbocycles. The topological polar surface area (TPSA) is 57.4 Å². The molecule has 4 heteroatoms. The van der Waals surface area contributed by atoms with Crippen LogP contribution in [0.5, 0.6) is 11.5 Å². The van der Waals surface area contributed by atoms with E-state index >= 15 is 0 Å². The number of hydrogen-bond acceptors (Lipinski definition) is 4. The van der Waals surface area contributed by atoms with Crippen molar-refractivity contribution in [3.8, 4) is 11.5 Å². The zero-order valence-electron chi connectivity index (χ0n) is 10.8. The monoisotopic (exact) mass is 246 g/mol. The molecule has 0 fully saturated rings. The van der Waals surface area contributed by atoms with Crippen LogP contribution in [0.4, 0.5) is 0 Å². The first-order valence-electron chi connectivity index (χ1n) is 6.17. The highest BCUT2D eigenvalue weighted by Gasteiger charge is 2.08. The Kier molecular flexibility index (Phi) is 3.99. The number of nitrogens with zero attached hydrogens (tertiary/aromatic N) is 1. The maximum absolute atomic E-state index is 5.60. The van der Waals surface area contributed by atoms with Gasteiger partial charge in [-0.15, -0.1) is 0 Å². The molecule has 4 nitrogen and oxygen atoms in total. The Morgan fingerprint density at radius 2 is 1.72 bits per heavy atom. The van der Waals surface area contributed by atoms with Crippen molar-refractivity contribution in [3.05, 3.63) is 30.0 Å². The molecule has 96 valence electrons. The second-order valence-electron chi connectivity index (χ2n) is 3.86. The van der Waals surface area contributed by atoms with Gasteiger partial charge in [-0.1, -0.05) is 6.07 Å². The molecule has 2 N–H and O–H groups in total. The van der Waals surface area contributed by atoms with Crippen LogP contribution in [0.15, 0.2) is 24.3 Å². The fraction of sp³-hybridized carbons (Fsp3) is 0.357. The summed E-state index contributed by atoms with van der Waals surface area (Å²) in [5.74, 6) is 1.49. The summed E-state index contributed by atoms with van der Waals surface area (Å²) in [4.78, 5) is 4.48. The average molecular weight is 246 g/mol. The van der Waals surface area contributed by atoms with Crippen LogP contribution in [0, 0.1) is 0 Å². The van der Waals surface area contributed by atoms with E-state index in [2.05, 4.69) is 4.98 Å². The van der Waals surface area contributed by atoms with Crippen molar-refractivity contribution in [1.82, 2.24) is 4.98 Å². The molecule has 1 aromatic carbocycles. The highest BCUT2D eigenvalue weighted by atomic mass is 16.5. The van der Waals surface area contributed by atoms with Gasteiger partial charge in [0, 0.05) is 18.0 Å². The zero-order chi connectivity index (χ0) is 13.0. The summed E-state index contributed by atoms with van der Waals surface area (Å²) in [6.07, 6.45) is 0. The molecule has 2 aromatic rings. The van der Waals surface area contributed by atoms with Crippen LogP contribution in [0.25, 0.3) is 10.9 Å². The van der Waals surface area contributed by atoms with Crippen molar-refractivity contribution in [2.75, 3.05) is 13.2 Å². The third-order valence-electron chi connectivity index (χ3n) is 2.62. The molecule has 0 radical (unpaired) electrons. The molecule has 0 unspecified atom stereocenters. The number of ether oxygens (including phenoxy) is 2. The third kappa shape index (κ3) is 2.54. The van der Waals surface area contributed by atoms with Gasteiger partial charge in [-0.3, -0.25) is 4.98 Å². The van der Waals surface area contributed by atoms with Crippen LogP contribution in [0.3, 0.4) is 0 Å². The van der Waals surface area contributed by atoms with E-state index in [1.54, 1.807) is 0 Å². The van der Waals surface area contributed by atoms with E-state index in [1.165, 1.54) is 0 Å². The van der Waals surface area contributed by atoms with Crippen molar-refractivity contribution in [2.45, 2.75) is 20.4 Å². The van der Waals surface area contributed by atoms with Crippen LogP contribution in [0.2, 0.25) is 0 Å². The van der Waals surface area contributed by atoms with Gasteiger partial charge in [-0.25, -0.2) is 0 Å². The van der Waals surface area contributed by atoms with E-state index in [1.807, 2.05) is 38.1 Å².